The molecular weight excluding hydrogens is 108 g/mol. The van der Waals surface area contributed by atoms with Gasteiger partial charge in [-0.1, -0.05) is 6.92 Å². The average Bonchev–Trinajstić information content (AvgIpc) is 1.68. The molecule has 0 aliphatic rings. The van der Waals surface area contributed by atoms with Crippen LogP contribution in [0.1, 0.15) is 19.8 Å². The molecule has 0 aromatic carbocycles. The van der Waals surface area contributed by atoms with Crippen molar-refractivity contribution in [3.8, 4) is 0 Å². The highest BCUT2D eigenvalue weighted by atomic mass is 32.2. The molecule has 0 amide bonds. The first-order chi connectivity index (χ1) is 3.31. The van der Waals surface area contributed by atoms with E-state index in [1.165, 1.54) is 11.8 Å². The van der Waals surface area contributed by atoms with E-state index in [1.807, 2.05) is 13.2 Å². The highest BCUT2D eigenvalue weighted by Crippen LogP contribution is 1.99. The molecule has 0 unspecified atom stereocenters. The molecule has 0 radical (unpaired) electrons. The molecule has 0 saturated carbocycles. The van der Waals surface area contributed by atoms with E-state index in [4.69, 9.17) is 4.79 Å². The van der Waals surface area contributed by atoms with Gasteiger partial charge in [0, 0.05) is 0 Å². The predicted molar refractivity (Wildman–Crippen MR) is 35.4 cm³/mol. The predicted octanol–water partition coefficient (Wildman–Crippen LogP) is 1.65. The molecule has 2 heteroatoms. The highest BCUT2D eigenvalue weighted by molar-refractivity contribution is 8.13. The van der Waals surface area contributed by atoms with Crippen LogP contribution >= 0.6 is 11.8 Å². The Balaban J connectivity index is 3.00. The van der Waals surface area contributed by atoms with E-state index >= 15 is 0 Å². The van der Waals surface area contributed by atoms with Crippen LogP contribution in [0.5, 0.6) is 0 Å². The normalized spacial score (nSPS) is 8.86. The molecule has 0 saturated heterocycles. The Morgan fingerprint density at radius 3 is 2.43 bits per heavy atom. The number of rotatable bonds is 2. The maximum Gasteiger partial charge on any atom is 0.350 e. The number of carbonyl (C=O) groups excluding carboxylic acids is 1. The standard InChI is InChI=1S/C5H10OS/c1-3-4-5(6)7-2/h3-4H2,1-2H3/p+1. The van der Waals surface area contributed by atoms with Gasteiger partial charge in [-0.2, -0.15) is 0 Å². The van der Waals surface area contributed by atoms with Crippen molar-refractivity contribution >= 4 is 16.9 Å². The second-order valence-corrected chi connectivity index (χ2v) is 2.23. The van der Waals surface area contributed by atoms with E-state index < -0.39 is 0 Å². The van der Waals surface area contributed by atoms with Gasteiger partial charge in [0.05, 0.1) is 6.42 Å². The van der Waals surface area contributed by atoms with Gasteiger partial charge in [-0.05, 0) is 24.4 Å². The monoisotopic (exact) mass is 119 g/mol. The molecule has 1 nitrogen and oxygen atoms in total. The maximum atomic E-state index is 8.74. The summed E-state index contributed by atoms with van der Waals surface area (Å²) in [5, 5.41) is 0.544. The molecule has 42 valence electrons. The summed E-state index contributed by atoms with van der Waals surface area (Å²) in [5.41, 5.74) is 0. The number of thioether (sulfide) groups is 1. The fourth-order valence-corrected chi connectivity index (χ4v) is 0.724. The fourth-order valence-electron chi connectivity index (χ4n) is 0.316. The Labute approximate surface area is 48.5 Å². The summed E-state index contributed by atoms with van der Waals surface area (Å²) in [6, 6.07) is 0. The van der Waals surface area contributed by atoms with Crippen molar-refractivity contribution in [2.45, 2.75) is 19.8 Å². The minimum atomic E-state index is 0.544. The zero-order chi connectivity index (χ0) is 5.70. The first-order valence-electron chi connectivity index (χ1n) is 2.40. The second-order valence-electron chi connectivity index (χ2n) is 1.35. The Morgan fingerprint density at radius 1 is 1.71 bits per heavy atom. The lowest BCUT2D eigenvalue weighted by molar-refractivity contribution is 0.670. The summed E-state index contributed by atoms with van der Waals surface area (Å²) in [7, 11) is 0. The van der Waals surface area contributed by atoms with Gasteiger partial charge in [-0.3, -0.25) is 4.79 Å². The van der Waals surface area contributed by atoms with Crippen LogP contribution in [0, 0.1) is 0 Å². The van der Waals surface area contributed by atoms with Crippen LogP contribution in [0.4, 0.5) is 0 Å². The zero-order valence-corrected chi connectivity index (χ0v) is 5.59. The molecular formula is C5H11OS+. The first-order valence-corrected chi connectivity index (χ1v) is 3.62. The topological polar surface area (TPSA) is 21.4 Å². The van der Waals surface area contributed by atoms with E-state index in [0.717, 1.165) is 12.8 Å². The summed E-state index contributed by atoms with van der Waals surface area (Å²) < 4.78 is 0. The third-order valence-electron chi connectivity index (χ3n) is 0.699. The van der Waals surface area contributed by atoms with E-state index in [2.05, 4.69) is 0 Å². The van der Waals surface area contributed by atoms with Crippen molar-refractivity contribution in [3.05, 3.63) is 0 Å². The van der Waals surface area contributed by atoms with Gasteiger partial charge in [0.1, 0.15) is 0 Å². The van der Waals surface area contributed by atoms with Crippen molar-refractivity contribution < 1.29 is 4.79 Å². The van der Waals surface area contributed by atoms with E-state index in [0.29, 0.717) is 5.12 Å². The van der Waals surface area contributed by atoms with Crippen LogP contribution < -0.4 is 0 Å². The molecule has 0 heterocycles. The van der Waals surface area contributed by atoms with Gasteiger partial charge in [-0.15, -0.1) is 0 Å². The smallest absolute Gasteiger partial charge is 0.272 e. The van der Waals surface area contributed by atoms with E-state index in [1.54, 1.807) is 0 Å². The van der Waals surface area contributed by atoms with Gasteiger partial charge in [0.25, 0.3) is 0 Å². The molecule has 0 atom stereocenters. The number of hydrogen-bond donors (Lipinski definition) is 0. The Morgan fingerprint density at radius 2 is 2.29 bits per heavy atom. The van der Waals surface area contributed by atoms with Gasteiger partial charge in [-0.25, -0.2) is 0 Å². The van der Waals surface area contributed by atoms with E-state index in [-0.39, 0.29) is 0 Å². The van der Waals surface area contributed by atoms with Crippen LogP contribution in [-0.4, -0.2) is 16.2 Å². The molecule has 0 aliphatic heterocycles. The van der Waals surface area contributed by atoms with Crippen LogP contribution in [0.25, 0.3) is 0 Å². The molecule has 0 aromatic rings. The summed E-state index contributed by atoms with van der Waals surface area (Å²) in [6.07, 6.45) is 3.75. The minimum absolute atomic E-state index is 0.544. The lowest BCUT2D eigenvalue weighted by Gasteiger charge is -1.79. The Hall–Kier alpha value is 0.0200. The third-order valence-corrected chi connectivity index (χ3v) is 1.37. The summed E-state index contributed by atoms with van der Waals surface area (Å²) in [5.74, 6) is 0. The summed E-state index contributed by atoms with van der Waals surface area (Å²) in [6.45, 7) is 2.05. The summed E-state index contributed by atoms with van der Waals surface area (Å²) in [4.78, 5) is 8.74. The van der Waals surface area contributed by atoms with Gasteiger partial charge >= 0.3 is 5.12 Å². The molecule has 0 bridgehead atoms. The number of hydrogen-bond acceptors (Lipinski definition) is 1. The van der Waals surface area contributed by atoms with Gasteiger partial charge in [0.15, 0.2) is 0 Å². The molecule has 7 heavy (non-hydrogen) atoms. The molecule has 0 fully saturated rings. The van der Waals surface area contributed by atoms with Gasteiger partial charge < -0.3 is 0 Å². The molecule has 0 rings (SSSR count). The van der Waals surface area contributed by atoms with Gasteiger partial charge in [0.2, 0.25) is 0 Å². The lowest BCUT2D eigenvalue weighted by Crippen LogP contribution is -1.86. The minimum Gasteiger partial charge on any atom is -0.272 e. The summed E-state index contributed by atoms with van der Waals surface area (Å²) >= 11 is 1.42. The zero-order valence-electron chi connectivity index (χ0n) is 4.77. The van der Waals surface area contributed by atoms with Crippen molar-refractivity contribution in [2.75, 3.05) is 6.26 Å². The van der Waals surface area contributed by atoms with E-state index in [9.17, 15) is 0 Å². The van der Waals surface area contributed by atoms with Crippen molar-refractivity contribution in [2.24, 2.45) is 0 Å². The quantitative estimate of drug-likeness (QED) is 0.506. The molecule has 0 spiro atoms. The second kappa shape index (κ2) is 4.19. The first kappa shape index (κ1) is 7.02. The Kier molecular flexibility index (Phi) is 4.20. The van der Waals surface area contributed by atoms with Crippen LogP contribution in [0.2, 0.25) is 0 Å². The highest BCUT2D eigenvalue weighted by Gasteiger charge is 2.00. The lowest BCUT2D eigenvalue weighted by atomic mass is 10.4. The van der Waals surface area contributed by atoms with Crippen molar-refractivity contribution in [1.29, 1.82) is 0 Å². The molecule has 0 aromatic heterocycles. The molecule has 1 N–H and O–H groups in total. The average molecular weight is 119 g/mol. The SMILES string of the molecule is CCCC(=[OH+])SC. The van der Waals surface area contributed by atoms with Crippen LogP contribution in [-0.2, 0) is 0 Å². The van der Waals surface area contributed by atoms with Crippen molar-refractivity contribution in [3.63, 3.8) is 0 Å². The van der Waals surface area contributed by atoms with Crippen LogP contribution in [0.3, 0.4) is 0 Å². The third kappa shape index (κ3) is 3.86. The molecule has 0 aliphatic carbocycles. The fraction of sp³-hybridized carbons (Fsp3) is 0.800. The Bertz CT molecular complexity index is 61.1. The maximum absolute atomic E-state index is 8.74. The van der Waals surface area contributed by atoms with Crippen molar-refractivity contribution in [1.82, 2.24) is 0 Å². The largest absolute Gasteiger partial charge is 0.350 e. The van der Waals surface area contributed by atoms with Crippen LogP contribution in [0.15, 0.2) is 0 Å².